The molecule has 0 radical (unpaired) electrons. The van der Waals surface area contributed by atoms with Crippen molar-refractivity contribution in [2.75, 3.05) is 5.32 Å². The van der Waals surface area contributed by atoms with Crippen molar-refractivity contribution in [3.63, 3.8) is 0 Å². The Kier molecular flexibility index (Phi) is 6.06. The van der Waals surface area contributed by atoms with E-state index < -0.39 is 6.04 Å². The fraction of sp³-hybridized carbons (Fsp3) is 0.263. The molecule has 0 unspecified atom stereocenters. The van der Waals surface area contributed by atoms with Gasteiger partial charge in [0.2, 0.25) is 0 Å². The van der Waals surface area contributed by atoms with E-state index in [0.29, 0.717) is 28.9 Å². The molecule has 2 aromatic rings. The van der Waals surface area contributed by atoms with Crippen LogP contribution in [0.5, 0.6) is 17.2 Å². The van der Waals surface area contributed by atoms with Gasteiger partial charge in [-0.05, 0) is 44.5 Å². The molecule has 2 aromatic carbocycles. The molecule has 7 nitrogen and oxygen atoms in total. The molecule has 1 amide bonds. The van der Waals surface area contributed by atoms with Crippen molar-refractivity contribution in [1.82, 2.24) is 5.43 Å². The normalized spacial score (nSPS) is 12.5. The average Bonchev–Trinajstić information content (AvgIpc) is 2.61. The van der Waals surface area contributed by atoms with E-state index in [0.717, 1.165) is 0 Å². The number of nitrogens with zero attached hydrogens (tertiary/aromatic N) is 1. The molecule has 0 heterocycles. The van der Waals surface area contributed by atoms with E-state index >= 15 is 0 Å². The van der Waals surface area contributed by atoms with Crippen molar-refractivity contribution in [3.05, 3.63) is 47.5 Å². The first-order valence-electron chi connectivity index (χ1n) is 8.27. The number of carbonyl (C=O) groups is 1. The van der Waals surface area contributed by atoms with Gasteiger partial charge in [0.05, 0.1) is 5.71 Å². The predicted octanol–water partition coefficient (Wildman–Crippen LogP) is 2.84. The van der Waals surface area contributed by atoms with Crippen LogP contribution >= 0.6 is 0 Å². The van der Waals surface area contributed by atoms with Gasteiger partial charge in [-0.25, -0.2) is 5.43 Å². The highest BCUT2D eigenvalue weighted by Gasteiger charge is 2.15. The van der Waals surface area contributed by atoms with Crippen LogP contribution in [0.1, 0.15) is 31.4 Å². The summed E-state index contributed by atoms with van der Waals surface area (Å²) in [6.45, 7) is 5.12. The van der Waals surface area contributed by atoms with Crippen LogP contribution < -0.4 is 10.7 Å². The molecule has 0 aliphatic carbocycles. The number of carbonyl (C=O) groups excluding carboxylic acids is 1. The number of nitrogens with one attached hydrogen (secondary N) is 2. The van der Waals surface area contributed by atoms with E-state index in [4.69, 9.17) is 0 Å². The zero-order valence-electron chi connectivity index (χ0n) is 14.9. The predicted molar refractivity (Wildman–Crippen MR) is 101 cm³/mol. The summed E-state index contributed by atoms with van der Waals surface area (Å²) in [6, 6.07) is 8.91. The third-order valence-corrected chi connectivity index (χ3v) is 3.97. The molecule has 0 saturated heterocycles. The molecular formula is C19H23N3O4. The maximum absolute atomic E-state index is 12.2. The summed E-state index contributed by atoms with van der Waals surface area (Å²) in [6.07, 6.45) is 0.479. The van der Waals surface area contributed by atoms with Crippen molar-refractivity contribution in [3.8, 4) is 17.2 Å². The minimum Gasteiger partial charge on any atom is -0.508 e. The summed E-state index contributed by atoms with van der Waals surface area (Å²) in [5.74, 6) is -0.332. The molecule has 5 N–H and O–H groups in total. The van der Waals surface area contributed by atoms with Crippen molar-refractivity contribution in [2.24, 2.45) is 5.10 Å². The average molecular weight is 357 g/mol. The summed E-state index contributed by atoms with van der Waals surface area (Å²) >= 11 is 0. The van der Waals surface area contributed by atoms with Gasteiger partial charge in [0.25, 0.3) is 5.91 Å². The van der Waals surface area contributed by atoms with Gasteiger partial charge in [-0.3, -0.25) is 4.79 Å². The maximum Gasteiger partial charge on any atom is 0.262 e. The Labute approximate surface area is 152 Å². The number of hydrazone groups is 1. The van der Waals surface area contributed by atoms with Crippen LogP contribution in [0.4, 0.5) is 5.69 Å². The molecule has 0 aliphatic heterocycles. The van der Waals surface area contributed by atoms with Gasteiger partial charge in [0.1, 0.15) is 23.3 Å². The number of amides is 1. The third kappa shape index (κ3) is 4.44. The quantitative estimate of drug-likeness (QED) is 0.403. The molecule has 2 rings (SSSR count). The first kappa shape index (κ1) is 19.1. The number of hydrogen-bond acceptors (Lipinski definition) is 6. The number of phenols is 3. The lowest BCUT2D eigenvalue weighted by molar-refractivity contribution is -0.121. The lowest BCUT2D eigenvalue weighted by atomic mass is 10.0. The fourth-order valence-electron chi connectivity index (χ4n) is 2.38. The Balaban J connectivity index is 2.10. The molecule has 0 aromatic heterocycles. The third-order valence-electron chi connectivity index (χ3n) is 3.97. The number of anilines is 1. The highest BCUT2D eigenvalue weighted by molar-refractivity contribution is 6.03. The first-order valence-corrected chi connectivity index (χ1v) is 8.27. The summed E-state index contributed by atoms with van der Waals surface area (Å²) in [4.78, 5) is 12.2. The van der Waals surface area contributed by atoms with Crippen LogP contribution in [-0.4, -0.2) is 33.0 Å². The van der Waals surface area contributed by atoms with Crippen LogP contribution in [0.3, 0.4) is 0 Å². The monoisotopic (exact) mass is 357 g/mol. The van der Waals surface area contributed by atoms with Gasteiger partial charge in [-0.1, -0.05) is 13.0 Å². The molecule has 0 aliphatic rings. The van der Waals surface area contributed by atoms with Gasteiger partial charge in [-0.15, -0.1) is 0 Å². The minimum absolute atomic E-state index is 0.00493. The topological polar surface area (TPSA) is 114 Å². The largest absolute Gasteiger partial charge is 0.508 e. The van der Waals surface area contributed by atoms with Crippen LogP contribution in [-0.2, 0) is 4.79 Å². The molecule has 0 saturated carbocycles. The minimum atomic E-state index is -0.589. The van der Waals surface area contributed by atoms with Gasteiger partial charge < -0.3 is 20.6 Å². The van der Waals surface area contributed by atoms with Gasteiger partial charge >= 0.3 is 0 Å². The second-order valence-electron chi connectivity index (χ2n) is 5.91. The molecule has 0 fully saturated rings. The summed E-state index contributed by atoms with van der Waals surface area (Å²) in [5.41, 5.74) is 4.39. The van der Waals surface area contributed by atoms with Gasteiger partial charge in [0, 0.05) is 22.9 Å². The Morgan fingerprint density at radius 3 is 2.58 bits per heavy atom. The van der Waals surface area contributed by atoms with Crippen molar-refractivity contribution >= 4 is 17.3 Å². The number of benzene rings is 2. The van der Waals surface area contributed by atoms with Crippen molar-refractivity contribution < 1.29 is 20.1 Å². The molecule has 138 valence electrons. The zero-order valence-corrected chi connectivity index (χ0v) is 14.9. The lowest BCUT2D eigenvalue weighted by Crippen LogP contribution is -2.35. The van der Waals surface area contributed by atoms with Crippen molar-refractivity contribution in [1.29, 1.82) is 0 Å². The molecular weight excluding hydrogens is 334 g/mol. The Morgan fingerprint density at radius 1 is 1.19 bits per heavy atom. The summed E-state index contributed by atoms with van der Waals surface area (Å²) in [7, 11) is 0. The number of phenolic OH excluding ortho intramolecular Hbond substituents is 3. The Bertz CT molecular complexity index is 834. The van der Waals surface area contributed by atoms with Gasteiger partial charge in [-0.2, -0.15) is 5.10 Å². The van der Waals surface area contributed by atoms with Crippen LogP contribution in [0, 0.1) is 6.92 Å². The SMILES string of the molecule is CC/C(=N\NC(=O)[C@@H](C)Nc1cccc(O)c1)c1ccc(O)c(C)c1O. The first-order chi connectivity index (χ1) is 12.3. The maximum atomic E-state index is 12.2. The van der Waals surface area contributed by atoms with Crippen LogP contribution in [0.25, 0.3) is 0 Å². The molecule has 0 bridgehead atoms. The molecule has 1 atom stereocenters. The molecule has 26 heavy (non-hydrogen) atoms. The smallest absolute Gasteiger partial charge is 0.262 e. The van der Waals surface area contributed by atoms with E-state index in [1.807, 2.05) is 6.92 Å². The second kappa shape index (κ2) is 8.24. The van der Waals surface area contributed by atoms with Gasteiger partial charge in [0.15, 0.2) is 0 Å². The van der Waals surface area contributed by atoms with Crippen LogP contribution in [0.2, 0.25) is 0 Å². The summed E-state index contributed by atoms with van der Waals surface area (Å²) < 4.78 is 0. The highest BCUT2D eigenvalue weighted by Crippen LogP contribution is 2.30. The number of hydrogen-bond donors (Lipinski definition) is 5. The Hall–Kier alpha value is -3.22. The van der Waals surface area contributed by atoms with E-state index in [1.165, 1.54) is 12.1 Å². The second-order valence-corrected chi connectivity index (χ2v) is 5.91. The number of rotatable bonds is 6. The highest BCUT2D eigenvalue weighted by atomic mass is 16.3. The zero-order chi connectivity index (χ0) is 19.3. The molecule has 0 spiro atoms. The standard InChI is InChI=1S/C19H23N3O4/c1-4-16(15-8-9-17(24)11(2)18(15)25)21-22-19(26)12(3)20-13-6-5-7-14(23)10-13/h5-10,12,20,23-25H,4H2,1-3H3,(H,22,26)/b21-16+/t12-/m1/s1. The molecule has 7 heteroatoms. The van der Waals surface area contributed by atoms with E-state index in [-0.39, 0.29) is 23.2 Å². The van der Waals surface area contributed by atoms with E-state index in [2.05, 4.69) is 15.8 Å². The van der Waals surface area contributed by atoms with E-state index in [9.17, 15) is 20.1 Å². The Morgan fingerprint density at radius 2 is 1.92 bits per heavy atom. The fourth-order valence-corrected chi connectivity index (χ4v) is 2.38. The summed E-state index contributed by atoms with van der Waals surface area (Å²) in [5, 5.41) is 36.4. The van der Waals surface area contributed by atoms with Crippen LogP contribution in [0.15, 0.2) is 41.5 Å². The van der Waals surface area contributed by atoms with E-state index in [1.54, 1.807) is 38.1 Å². The van der Waals surface area contributed by atoms with Crippen molar-refractivity contribution in [2.45, 2.75) is 33.2 Å². The number of aromatic hydroxyl groups is 3. The lowest BCUT2D eigenvalue weighted by Gasteiger charge is -2.15.